The van der Waals surface area contributed by atoms with E-state index >= 15 is 0 Å². The average molecular weight is 244 g/mol. The first-order chi connectivity index (χ1) is 8.83. The van der Waals surface area contributed by atoms with Crippen LogP contribution in [0.4, 0.5) is 0 Å². The van der Waals surface area contributed by atoms with E-state index in [9.17, 15) is 0 Å². The Labute approximate surface area is 110 Å². The van der Waals surface area contributed by atoms with Gasteiger partial charge in [0.2, 0.25) is 0 Å². The predicted molar refractivity (Wildman–Crippen MR) is 75.8 cm³/mol. The van der Waals surface area contributed by atoms with E-state index in [0.717, 1.165) is 18.5 Å². The molecule has 0 aliphatic heterocycles. The van der Waals surface area contributed by atoms with Gasteiger partial charge in [-0.15, -0.1) is 0 Å². The molecular weight excluding hydrogens is 220 g/mol. The predicted octanol–water partition coefficient (Wildman–Crippen LogP) is 2.52. The van der Waals surface area contributed by atoms with Gasteiger partial charge in [-0.25, -0.2) is 0 Å². The number of hydrogen-bond acceptors (Lipinski definition) is 2. The van der Waals surface area contributed by atoms with E-state index in [2.05, 4.69) is 47.9 Å². The van der Waals surface area contributed by atoms with Gasteiger partial charge in [-0.05, 0) is 36.8 Å². The van der Waals surface area contributed by atoms with Crippen LogP contribution in [0.5, 0.6) is 0 Å². The molecule has 2 fully saturated rings. The summed E-state index contributed by atoms with van der Waals surface area (Å²) in [4.78, 5) is 0. The molecule has 1 aromatic carbocycles. The zero-order chi connectivity index (χ0) is 12.4. The maximum atomic E-state index is 3.78. The van der Waals surface area contributed by atoms with Crippen molar-refractivity contribution in [1.82, 2.24) is 10.6 Å². The summed E-state index contributed by atoms with van der Waals surface area (Å²) in [7, 11) is 0. The van der Waals surface area contributed by atoms with E-state index in [1.54, 1.807) is 0 Å². The first-order valence-corrected chi connectivity index (χ1v) is 7.32. The van der Waals surface area contributed by atoms with Crippen LogP contribution in [0.25, 0.3) is 0 Å². The molecule has 2 nitrogen and oxygen atoms in total. The summed E-state index contributed by atoms with van der Waals surface area (Å²) in [6, 6.07) is 11.7. The third-order valence-electron chi connectivity index (χ3n) is 4.46. The van der Waals surface area contributed by atoms with Gasteiger partial charge in [0, 0.05) is 25.0 Å². The van der Waals surface area contributed by atoms with E-state index in [0.29, 0.717) is 5.41 Å². The van der Waals surface area contributed by atoms with E-state index < -0.39 is 0 Å². The van der Waals surface area contributed by atoms with Gasteiger partial charge < -0.3 is 10.6 Å². The van der Waals surface area contributed by atoms with Crippen LogP contribution in [-0.2, 0) is 0 Å². The molecule has 1 aromatic rings. The molecule has 2 N–H and O–H groups in total. The minimum absolute atomic E-state index is 0.583. The maximum absolute atomic E-state index is 3.78. The highest BCUT2D eigenvalue weighted by Crippen LogP contribution is 2.46. The van der Waals surface area contributed by atoms with Crippen molar-refractivity contribution in [1.29, 1.82) is 0 Å². The molecule has 2 atom stereocenters. The Morgan fingerprint density at radius 2 is 1.94 bits per heavy atom. The summed E-state index contributed by atoms with van der Waals surface area (Å²) in [6.45, 7) is 5.68. The SMILES string of the molecule is CCNCC1(CN[C@H]2C[C@@H]2c2ccccc2)CC1. The monoisotopic (exact) mass is 244 g/mol. The van der Waals surface area contributed by atoms with Crippen molar-refractivity contribution in [2.75, 3.05) is 19.6 Å². The van der Waals surface area contributed by atoms with E-state index in [4.69, 9.17) is 0 Å². The molecule has 18 heavy (non-hydrogen) atoms. The minimum Gasteiger partial charge on any atom is -0.316 e. The zero-order valence-corrected chi connectivity index (χ0v) is 11.3. The maximum Gasteiger partial charge on any atom is 0.0143 e. The quantitative estimate of drug-likeness (QED) is 0.770. The molecule has 0 saturated heterocycles. The van der Waals surface area contributed by atoms with Crippen LogP contribution in [0, 0.1) is 5.41 Å². The van der Waals surface area contributed by atoms with Crippen molar-refractivity contribution in [2.45, 2.75) is 38.1 Å². The highest BCUT2D eigenvalue weighted by Gasteiger charge is 2.45. The van der Waals surface area contributed by atoms with Crippen LogP contribution in [0.15, 0.2) is 30.3 Å². The van der Waals surface area contributed by atoms with Crippen LogP contribution < -0.4 is 10.6 Å². The second-order valence-electron chi connectivity index (χ2n) is 6.02. The molecule has 0 amide bonds. The molecule has 2 aliphatic rings. The smallest absolute Gasteiger partial charge is 0.0143 e. The van der Waals surface area contributed by atoms with Gasteiger partial charge in [0.1, 0.15) is 0 Å². The third-order valence-corrected chi connectivity index (χ3v) is 4.46. The fourth-order valence-corrected chi connectivity index (χ4v) is 2.82. The van der Waals surface area contributed by atoms with Crippen molar-refractivity contribution in [3.8, 4) is 0 Å². The van der Waals surface area contributed by atoms with Gasteiger partial charge in [-0.2, -0.15) is 0 Å². The highest BCUT2D eigenvalue weighted by molar-refractivity contribution is 5.27. The molecule has 0 aromatic heterocycles. The van der Waals surface area contributed by atoms with E-state index in [-0.39, 0.29) is 0 Å². The highest BCUT2D eigenvalue weighted by atomic mass is 15.0. The van der Waals surface area contributed by atoms with Crippen molar-refractivity contribution < 1.29 is 0 Å². The van der Waals surface area contributed by atoms with Crippen LogP contribution in [-0.4, -0.2) is 25.7 Å². The fourth-order valence-electron chi connectivity index (χ4n) is 2.82. The second kappa shape index (κ2) is 5.02. The number of benzene rings is 1. The van der Waals surface area contributed by atoms with Crippen molar-refractivity contribution in [3.05, 3.63) is 35.9 Å². The largest absolute Gasteiger partial charge is 0.316 e. The number of rotatable bonds is 7. The molecule has 0 heterocycles. The standard InChI is InChI=1S/C16H24N2/c1-2-17-11-16(8-9-16)12-18-15-10-14(15)13-6-4-3-5-7-13/h3-7,14-15,17-18H,2,8-12H2,1H3/t14-,15+/m1/s1. The molecule has 2 heteroatoms. The summed E-state index contributed by atoms with van der Waals surface area (Å²) in [6.07, 6.45) is 4.12. The average Bonchev–Trinajstić information content (AvgIpc) is 3.31. The molecule has 0 unspecified atom stereocenters. The lowest BCUT2D eigenvalue weighted by Gasteiger charge is -2.16. The molecule has 0 bridgehead atoms. The summed E-state index contributed by atoms with van der Waals surface area (Å²) < 4.78 is 0. The van der Waals surface area contributed by atoms with Gasteiger partial charge in [0.05, 0.1) is 0 Å². The summed E-state index contributed by atoms with van der Waals surface area (Å²) >= 11 is 0. The van der Waals surface area contributed by atoms with Crippen LogP contribution >= 0.6 is 0 Å². The Kier molecular flexibility index (Phi) is 3.40. The van der Waals surface area contributed by atoms with Gasteiger partial charge in [-0.3, -0.25) is 0 Å². The molecule has 98 valence electrons. The van der Waals surface area contributed by atoms with Crippen LogP contribution in [0.1, 0.15) is 37.7 Å². The van der Waals surface area contributed by atoms with Crippen molar-refractivity contribution in [3.63, 3.8) is 0 Å². The fraction of sp³-hybridized carbons (Fsp3) is 0.625. The van der Waals surface area contributed by atoms with Gasteiger partial charge in [0.25, 0.3) is 0 Å². The molecule has 3 rings (SSSR count). The van der Waals surface area contributed by atoms with E-state index in [1.165, 1.54) is 37.9 Å². The summed E-state index contributed by atoms with van der Waals surface area (Å²) in [5.74, 6) is 0.765. The van der Waals surface area contributed by atoms with Crippen molar-refractivity contribution >= 4 is 0 Å². The molecule has 0 radical (unpaired) electrons. The topological polar surface area (TPSA) is 24.1 Å². The van der Waals surface area contributed by atoms with Crippen LogP contribution in [0.2, 0.25) is 0 Å². The number of hydrogen-bond donors (Lipinski definition) is 2. The van der Waals surface area contributed by atoms with Gasteiger partial charge in [0.15, 0.2) is 0 Å². The lowest BCUT2D eigenvalue weighted by molar-refractivity contribution is 0.425. The Morgan fingerprint density at radius 1 is 1.17 bits per heavy atom. The lowest BCUT2D eigenvalue weighted by Crippen LogP contribution is -2.34. The molecule has 2 aliphatic carbocycles. The van der Waals surface area contributed by atoms with E-state index in [1.807, 2.05) is 0 Å². The molecular formula is C16H24N2. The Hall–Kier alpha value is -0.860. The lowest BCUT2D eigenvalue weighted by atomic mass is 10.1. The normalized spacial score (nSPS) is 28.1. The summed E-state index contributed by atoms with van der Waals surface area (Å²) in [5.41, 5.74) is 2.09. The third kappa shape index (κ3) is 2.76. The second-order valence-corrected chi connectivity index (χ2v) is 6.02. The van der Waals surface area contributed by atoms with Crippen molar-refractivity contribution in [2.24, 2.45) is 5.41 Å². The summed E-state index contributed by atoms with van der Waals surface area (Å²) in [5, 5.41) is 7.27. The van der Waals surface area contributed by atoms with Gasteiger partial charge in [-0.1, -0.05) is 37.3 Å². The molecule has 2 saturated carbocycles. The number of nitrogens with one attached hydrogen (secondary N) is 2. The first kappa shape index (κ1) is 12.2. The molecule has 0 spiro atoms. The Bertz CT molecular complexity index is 383. The first-order valence-electron chi connectivity index (χ1n) is 7.32. The van der Waals surface area contributed by atoms with Gasteiger partial charge >= 0.3 is 0 Å². The Balaban J connectivity index is 1.44. The Morgan fingerprint density at radius 3 is 2.61 bits per heavy atom. The minimum atomic E-state index is 0.583. The van der Waals surface area contributed by atoms with Crippen LogP contribution in [0.3, 0.4) is 0 Å². The zero-order valence-electron chi connectivity index (χ0n) is 11.3.